The van der Waals surface area contributed by atoms with Gasteiger partial charge in [-0.2, -0.15) is 0 Å². The maximum absolute atomic E-state index is 5.92. The fourth-order valence-corrected chi connectivity index (χ4v) is 2.02. The molecule has 0 unspecified atom stereocenters. The van der Waals surface area contributed by atoms with Crippen LogP contribution in [0.2, 0.25) is 0 Å². The Morgan fingerprint density at radius 2 is 1.95 bits per heavy atom. The van der Waals surface area contributed by atoms with Crippen molar-refractivity contribution in [1.82, 2.24) is 9.97 Å². The summed E-state index contributed by atoms with van der Waals surface area (Å²) in [6.07, 6.45) is 0. The number of hydrogen-bond donors (Lipinski definition) is 2. The van der Waals surface area contributed by atoms with Crippen LogP contribution in [0.1, 0.15) is 42.4 Å². The van der Waals surface area contributed by atoms with E-state index in [9.17, 15) is 0 Å². The van der Waals surface area contributed by atoms with Gasteiger partial charge in [0.05, 0.1) is 0 Å². The summed E-state index contributed by atoms with van der Waals surface area (Å²) >= 11 is 0. The van der Waals surface area contributed by atoms with E-state index in [-0.39, 0.29) is 0 Å². The second kappa shape index (κ2) is 5.90. The standard InChI is InChI=1S/C16H22N4/c1-10(2)16-19-11(3)8-15(20-16)18-9-13-6-5-7-14(17)12(13)4/h5-8,10H,9,17H2,1-4H3,(H,18,19,20). The molecule has 0 spiro atoms. The van der Waals surface area contributed by atoms with Gasteiger partial charge in [0.15, 0.2) is 0 Å². The molecular formula is C16H22N4. The summed E-state index contributed by atoms with van der Waals surface area (Å²) in [5.41, 5.74) is 10.0. The van der Waals surface area contributed by atoms with Gasteiger partial charge in [-0.15, -0.1) is 0 Å². The van der Waals surface area contributed by atoms with Crippen LogP contribution in [0.25, 0.3) is 0 Å². The molecule has 0 atom stereocenters. The van der Waals surface area contributed by atoms with Crippen molar-refractivity contribution in [1.29, 1.82) is 0 Å². The summed E-state index contributed by atoms with van der Waals surface area (Å²) in [5.74, 6) is 2.06. The first-order valence-corrected chi connectivity index (χ1v) is 6.90. The highest BCUT2D eigenvalue weighted by Gasteiger charge is 2.07. The Morgan fingerprint density at radius 3 is 2.65 bits per heavy atom. The fourth-order valence-electron chi connectivity index (χ4n) is 2.02. The predicted octanol–water partition coefficient (Wildman–Crippen LogP) is 3.41. The zero-order valence-corrected chi connectivity index (χ0v) is 12.6. The van der Waals surface area contributed by atoms with Gasteiger partial charge in [-0.25, -0.2) is 9.97 Å². The second-order valence-electron chi connectivity index (χ2n) is 5.39. The quantitative estimate of drug-likeness (QED) is 0.836. The lowest BCUT2D eigenvalue weighted by Crippen LogP contribution is -2.08. The molecule has 4 heteroatoms. The Labute approximate surface area is 120 Å². The van der Waals surface area contributed by atoms with Gasteiger partial charge in [0.25, 0.3) is 0 Å². The first-order chi connectivity index (χ1) is 9.47. The summed E-state index contributed by atoms with van der Waals surface area (Å²) < 4.78 is 0. The number of nitrogens with two attached hydrogens (primary N) is 1. The van der Waals surface area contributed by atoms with Crippen LogP contribution in [-0.2, 0) is 6.54 Å². The third kappa shape index (κ3) is 3.26. The van der Waals surface area contributed by atoms with E-state index in [0.717, 1.165) is 28.6 Å². The molecule has 1 aromatic carbocycles. The number of benzene rings is 1. The monoisotopic (exact) mass is 270 g/mol. The van der Waals surface area contributed by atoms with Crippen molar-refractivity contribution in [2.24, 2.45) is 0 Å². The Balaban J connectivity index is 2.16. The lowest BCUT2D eigenvalue weighted by atomic mass is 10.1. The summed E-state index contributed by atoms with van der Waals surface area (Å²) in [5, 5.41) is 3.36. The average Bonchev–Trinajstić information content (AvgIpc) is 2.40. The molecule has 20 heavy (non-hydrogen) atoms. The summed E-state index contributed by atoms with van der Waals surface area (Å²) in [7, 11) is 0. The van der Waals surface area contributed by atoms with E-state index in [4.69, 9.17) is 5.73 Å². The molecule has 0 saturated heterocycles. The van der Waals surface area contributed by atoms with E-state index in [2.05, 4.69) is 35.2 Å². The highest BCUT2D eigenvalue weighted by Crippen LogP contribution is 2.18. The molecule has 0 amide bonds. The number of aromatic nitrogens is 2. The first-order valence-electron chi connectivity index (χ1n) is 6.90. The van der Waals surface area contributed by atoms with E-state index in [0.29, 0.717) is 12.5 Å². The molecule has 0 radical (unpaired) electrons. The Morgan fingerprint density at radius 1 is 1.20 bits per heavy atom. The molecule has 3 N–H and O–H groups in total. The van der Waals surface area contributed by atoms with Crippen molar-refractivity contribution in [2.75, 3.05) is 11.1 Å². The molecule has 0 bridgehead atoms. The minimum absolute atomic E-state index is 0.324. The minimum atomic E-state index is 0.324. The highest BCUT2D eigenvalue weighted by atomic mass is 15.0. The van der Waals surface area contributed by atoms with Gasteiger partial charge in [0, 0.05) is 29.9 Å². The average molecular weight is 270 g/mol. The third-order valence-corrected chi connectivity index (χ3v) is 3.34. The zero-order chi connectivity index (χ0) is 14.7. The molecule has 0 aliphatic carbocycles. The Hall–Kier alpha value is -2.10. The lowest BCUT2D eigenvalue weighted by Gasteiger charge is -2.12. The van der Waals surface area contributed by atoms with Crippen LogP contribution in [0, 0.1) is 13.8 Å². The number of hydrogen-bond acceptors (Lipinski definition) is 4. The fraction of sp³-hybridized carbons (Fsp3) is 0.375. The van der Waals surface area contributed by atoms with E-state index in [1.54, 1.807) is 0 Å². The molecule has 1 heterocycles. The Bertz CT molecular complexity index is 605. The molecule has 0 aliphatic heterocycles. The first kappa shape index (κ1) is 14.3. The Kier molecular flexibility index (Phi) is 4.23. The van der Waals surface area contributed by atoms with Gasteiger partial charge in [-0.3, -0.25) is 0 Å². The normalized spacial score (nSPS) is 10.8. The van der Waals surface area contributed by atoms with Crippen LogP contribution in [0.15, 0.2) is 24.3 Å². The van der Waals surface area contributed by atoms with E-state index < -0.39 is 0 Å². The van der Waals surface area contributed by atoms with Crippen LogP contribution >= 0.6 is 0 Å². The maximum atomic E-state index is 5.92. The van der Waals surface area contributed by atoms with Gasteiger partial charge in [0.1, 0.15) is 11.6 Å². The smallest absolute Gasteiger partial charge is 0.133 e. The molecule has 4 nitrogen and oxygen atoms in total. The van der Waals surface area contributed by atoms with Gasteiger partial charge in [-0.1, -0.05) is 26.0 Å². The van der Waals surface area contributed by atoms with Gasteiger partial charge < -0.3 is 11.1 Å². The zero-order valence-electron chi connectivity index (χ0n) is 12.6. The molecule has 1 aromatic heterocycles. The highest BCUT2D eigenvalue weighted by molar-refractivity contribution is 5.51. The van der Waals surface area contributed by atoms with E-state index in [1.807, 2.05) is 32.0 Å². The number of nitrogens with one attached hydrogen (secondary N) is 1. The molecule has 2 rings (SSSR count). The van der Waals surface area contributed by atoms with Gasteiger partial charge >= 0.3 is 0 Å². The van der Waals surface area contributed by atoms with E-state index >= 15 is 0 Å². The summed E-state index contributed by atoms with van der Waals surface area (Å²) in [4.78, 5) is 9.00. The van der Waals surface area contributed by atoms with Crippen molar-refractivity contribution in [3.63, 3.8) is 0 Å². The third-order valence-electron chi connectivity index (χ3n) is 3.34. The van der Waals surface area contributed by atoms with Crippen molar-refractivity contribution >= 4 is 11.5 Å². The molecular weight excluding hydrogens is 248 g/mol. The van der Waals surface area contributed by atoms with Crippen molar-refractivity contribution in [3.8, 4) is 0 Å². The molecule has 2 aromatic rings. The lowest BCUT2D eigenvalue weighted by molar-refractivity contribution is 0.766. The van der Waals surface area contributed by atoms with Crippen LogP contribution in [0.3, 0.4) is 0 Å². The summed E-state index contributed by atoms with van der Waals surface area (Å²) in [6, 6.07) is 7.94. The maximum Gasteiger partial charge on any atom is 0.133 e. The topological polar surface area (TPSA) is 63.8 Å². The van der Waals surface area contributed by atoms with Crippen LogP contribution in [0.4, 0.5) is 11.5 Å². The van der Waals surface area contributed by atoms with Crippen LogP contribution < -0.4 is 11.1 Å². The second-order valence-corrected chi connectivity index (χ2v) is 5.39. The SMILES string of the molecule is Cc1cc(NCc2cccc(N)c2C)nc(C(C)C)n1. The largest absolute Gasteiger partial charge is 0.399 e. The molecule has 0 saturated carbocycles. The van der Waals surface area contributed by atoms with Crippen LogP contribution in [-0.4, -0.2) is 9.97 Å². The number of nitrogen functional groups attached to an aromatic ring is 1. The molecule has 0 fully saturated rings. The van der Waals surface area contributed by atoms with Crippen molar-refractivity contribution < 1.29 is 0 Å². The number of nitrogens with zero attached hydrogens (tertiary/aromatic N) is 2. The van der Waals surface area contributed by atoms with Gasteiger partial charge in [0.2, 0.25) is 0 Å². The minimum Gasteiger partial charge on any atom is -0.399 e. The van der Waals surface area contributed by atoms with Gasteiger partial charge in [-0.05, 0) is 31.0 Å². The number of aryl methyl sites for hydroxylation is 1. The molecule has 106 valence electrons. The van der Waals surface area contributed by atoms with Crippen molar-refractivity contribution in [3.05, 3.63) is 46.9 Å². The van der Waals surface area contributed by atoms with Crippen molar-refractivity contribution in [2.45, 2.75) is 40.2 Å². The summed E-state index contributed by atoms with van der Waals surface area (Å²) in [6.45, 7) is 8.94. The number of rotatable bonds is 4. The number of anilines is 2. The molecule has 0 aliphatic rings. The van der Waals surface area contributed by atoms with Crippen LogP contribution in [0.5, 0.6) is 0 Å². The predicted molar refractivity (Wildman–Crippen MR) is 83.8 cm³/mol. The van der Waals surface area contributed by atoms with E-state index in [1.165, 1.54) is 5.56 Å².